The number of ether oxygens (including phenoxy) is 1. The van der Waals surface area contributed by atoms with Crippen molar-refractivity contribution in [2.45, 2.75) is 52.2 Å². The maximum atomic E-state index is 12.7. The molecule has 0 N–H and O–H groups in total. The van der Waals surface area contributed by atoms with E-state index in [9.17, 15) is 4.79 Å². The van der Waals surface area contributed by atoms with E-state index in [0.29, 0.717) is 24.5 Å². The van der Waals surface area contributed by atoms with Crippen LogP contribution in [0.4, 0.5) is 0 Å². The summed E-state index contributed by atoms with van der Waals surface area (Å²) in [6.45, 7) is 7.24. The standard InChI is InChI=1S/C28H32ClNO2/c1-4-28(31)30(20-22-10-14-25(29)15-11-22)19-18-27(23-8-6-5-7-9-23)24-12-16-26(17-13-24)32-21(2)3/h5-17,21,27H,4,18-20H2,1-3H3. The molecule has 0 aliphatic rings. The number of nitrogens with zero attached hydrogens (tertiary/aromatic N) is 1. The molecule has 3 aromatic rings. The summed E-state index contributed by atoms with van der Waals surface area (Å²) in [5, 5.41) is 0.705. The van der Waals surface area contributed by atoms with Crippen LogP contribution in [0.25, 0.3) is 0 Å². The van der Waals surface area contributed by atoms with E-state index >= 15 is 0 Å². The number of hydrogen-bond donors (Lipinski definition) is 0. The van der Waals surface area contributed by atoms with Gasteiger partial charge in [-0.2, -0.15) is 0 Å². The van der Waals surface area contributed by atoms with Crippen molar-refractivity contribution in [2.75, 3.05) is 6.54 Å². The lowest BCUT2D eigenvalue weighted by Gasteiger charge is -2.26. The van der Waals surface area contributed by atoms with Gasteiger partial charge in [0.05, 0.1) is 6.10 Å². The van der Waals surface area contributed by atoms with E-state index in [0.717, 1.165) is 17.7 Å². The van der Waals surface area contributed by atoms with Crippen molar-refractivity contribution >= 4 is 17.5 Å². The lowest BCUT2D eigenvalue weighted by molar-refractivity contribution is -0.131. The van der Waals surface area contributed by atoms with E-state index in [2.05, 4.69) is 36.4 Å². The molecule has 0 aliphatic carbocycles. The summed E-state index contributed by atoms with van der Waals surface area (Å²) >= 11 is 6.03. The molecule has 168 valence electrons. The minimum atomic E-state index is 0.146. The maximum absolute atomic E-state index is 12.7. The number of halogens is 1. The van der Waals surface area contributed by atoms with E-state index in [-0.39, 0.29) is 17.9 Å². The number of rotatable bonds is 10. The van der Waals surface area contributed by atoms with Crippen LogP contribution < -0.4 is 4.74 Å². The van der Waals surface area contributed by atoms with Gasteiger partial charge in [0.2, 0.25) is 5.91 Å². The fourth-order valence-corrected chi connectivity index (χ4v) is 4.00. The molecule has 0 aliphatic heterocycles. The molecular formula is C28H32ClNO2. The highest BCUT2D eigenvalue weighted by atomic mass is 35.5. The Kier molecular flexibility index (Phi) is 8.75. The van der Waals surface area contributed by atoms with E-state index in [1.54, 1.807) is 0 Å². The van der Waals surface area contributed by atoms with Crippen molar-refractivity contribution in [2.24, 2.45) is 0 Å². The van der Waals surface area contributed by atoms with Crippen LogP contribution in [-0.4, -0.2) is 23.5 Å². The van der Waals surface area contributed by atoms with Gasteiger partial charge in [-0.05, 0) is 61.2 Å². The van der Waals surface area contributed by atoms with Crippen LogP contribution >= 0.6 is 11.6 Å². The molecule has 1 unspecified atom stereocenters. The minimum absolute atomic E-state index is 0.146. The van der Waals surface area contributed by atoms with Crippen molar-refractivity contribution < 1.29 is 9.53 Å². The lowest BCUT2D eigenvalue weighted by Crippen LogP contribution is -2.31. The Morgan fingerprint density at radius 1 is 0.906 bits per heavy atom. The summed E-state index contributed by atoms with van der Waals surface area (Å²) in [6.07, 6.45) is 1.48. The largest absolute Gasteiger partial charge is 0.491 e. The van der Waals surface area contributed by atoms with Crippen LogP contribution in [0.15, 0.2) is 78.9 Å². The molecule has 0 aromatic heterocycles. The third-order valence-electron chi connectivity index (χ3n) is 5.49. The third-order valence-corrected chi connectivity index (χ3v) is 5.74. The van der Waals surface area contributed by atoms with Crippen LogP contribution in [-0.2, 0) is 11.3 Å². The summed E-state index contributed by atoms with van der Waals surface area (Å²) in [6, 6.07) is 26.6. The zero-order valence-corrected chi connectivity index (χ0v) is 19.9. The van der Waals surface area contributed by atoms with Gasteiger partial charge in [-0.1, -0.05) is 73.1 Å². The quantitative estimate of drug-likeness (QED) is 0.330. The zero-order chi connectivity index (χ0) is 22.9. The Balaban J connectivity index is 1.80. The van der Waals surface area contributed by atoms with E-state index in [1.807, 2.05) is 68.1 Å². The predicted octanol–water partition coefficient (Wildman–Crippen LogP) is 7.09. The van der Waals surface area contributed by atoms with Gasteiger partial charge in [0.25, 0.3) is 0 Å². The van der Waals surface area contributed by atoms with E-state index in [4.69, 9.17) is 16.3 Å². The van der Waals surface area contributed by atoms with Crippen LogP contribution in [0.3, 0.4) is 0 Å². The van der Waals surface area contributed by atoms with Crippen molar-refractivity contribution in [3.8, 4) is 5.75 Å². The highest BCUT2D eigenvalue weighted by Crippen LogP contribution is 2.30. The summed E-state index contributed by atoms with van der Waals surface area (Å²) in [4.78, 5) is 14.7. The molecule has 0 saturated heterocycles. The number of hydrogen-bond acceptors (Lipinski definition) is 2. The summed E-state index contributed by atoms with van der Waals surface area (Å²) < 4.78 is 5.81. The lowest BCUT2D eigenvalue weighted by atomic mass is 9.88. The molecule has 0 fully saturated rings. The van der Waals surface area contributed by atoms with Gasteiger partial charge in [-0.15, -0.1) is 0 Å². The predicted molar refractivity (Wildman–Crippen MR) is 132 cm³/mol. The molecule has 3 nitrogen and oxygen atoms in total. The highest BCUT2D eigenvalue weighted by molar-refractivity contribution is 6.30. The Morgan fingerprint density at radius 3 is 2.12 bits per heavy atom. The molecule has 0 spiro atoms. The Hall–Kier alpha value is -2.78. The number of benzene rings is 3. The topological polar surface area (TPSA) is 29.5 Å². The molecule has 1 amide bonds. The molecule has 1 atom stereocenters. The molecule has 3 rings (SSSR count). The molecule has 3 aromatic carbocycles. The van der Waals surface area contributed by atoms with E-state index < -0.39 is 0 Å². The van der Waals surface area contributed by atoms with Crippen molar-refractivity contribution in [3.05, 3.63) is 101 Å². The van der Waals surface area contributed by atoms with Crippen LogP contribution in [0, 0.1) is 0 Å². The molecule has 32 heavy (non-hydrogen) atoms. The van der Waals surface area contributed by atoms with Gasteiger partial charge in [0.1, 0.15) is 5.75 Å². The van der Waals surface area contributed by atoms with Gasteiger partial charge in [-0.3, -0.25) is 4.79 Å². The van der Waals surface area contributed by atoms with Crippen LogP contribution in [0.5, 0.6) is 5.75 Å². The van der Waals surface area contributed by atoms with Crippen molar-refractivity contribution in [1.82, 2.24) is 4.90 Å². The normalized spacial score (nSPS) is 11.9. The van der Waals surface area contributed by atoms with Gasteiger partial charge in [-0.25, -0.2) is 0 Å². The minimum Gasteiger partial charge on any atom is -0.491 e. The smallest absolute Gasteiger partial charge is 0.222 e. The average molecular weight is 450 g/mol. The van der Waals surface area contributed by atoms with Crippen LogP contribution in [0.2, 0.25) is 5.02 Å². The maximum Gasteiger partial charge on any atom is 0.222 e. The fourth-order valence-electron chi connectivity index (χ4n) is 3.87. The monoisotopic (exact) mass is 449 g/mol. The van der Waals surface area contributed by atoms with Gasteiger partial charge in [0.15, 0.2) is 0 Å². The first-order valence-electron chi connectivity index (χ1n) is 11.3. The molecule has 0 saturated carbocycles. The van der Waals surface area contributed by atoms with Gasteiger partial charge in [0, 0.05) is 30.5 Å². The fraction of sp³-hybridized carbons (Fsp3) is 0.321. The Morgan fingerprint density at radius 2 is 1.53 bits per heavy atom. The zero-order valence-electron chi connectivity index (χ0n) is 19.1. The number of amides is 1. The molecule has 0 heterocycles. The second-order valence-electron chi connectivity index (χ2n) is 8.28. The summed E-state index contributed by atoms with van der Waals surface area (Å²) in [5.41, 5.74) is 3.56. The van der Waals surface area contributed by atoms with Crippen molar-refractivity contribution in [3.63, 3.8) is 0 Å². The summed E-state index contributed by atoms with van der Waals surface area (Å²) in [5.74, 6) is 1.23. The highest BCUT2D eigenvalue weighted by Gasteiger charge is 2.19. The summed E-state index contributed by atoms with van der Waals surface area (Å²) in [7, 11) is 0. The van der Waals surface area contributed by atoms with E-state index in [1.165, 1.54) is 11.1 Å². The number of carbonyl (C=O) groups excluding carboxylic acids is 1. The second-order valence-corrected chi connectivity index (χ2v) is 8.72. The first-order valence-corrected chi connectivity index (χ1v) is 11.7. The first kappa shape index (κ1) is 23.9. The van der Waals surface area contributed by atoms with Crippen molar-refractivity contribution in [1.29, 1.82) is 0 Å². The molecule has 0 bridgehead atoms. The molecular weight excluding hydrogens is 418 g/mol. The SMILES string of the molecule is CCC(=O)N(CCC(c1ccccc1)c1ccc(OC(C)C)cc1)Cc1ccc(Cl)cc1. The molecule has 0 radical (unpaired) electrons. The Bertz CT molecular complexity index is 969. The third kappa shape index (κ3) is 6.86. The van der Waals surface area contributed by atoms with Gasteiger partial charge >= 0.3 is 0 Å². The first-order chi connectivity index (χ1) is 15.5. The number of carbonyl (C=O) groups is 1. The Labute approximate surface area is 197 Å². The average Bonchev–Trinajstić information content (AvgIpc) is 2.80. The second kappa shape index (κ2) is 11.7. The molecule has 4 heteroatoms. The van der Waals surface area contributed by atoms with Crippen LogP contribution in [0.1, 0.15) is 56.2 Å². The van der Waals surface area contributed by atoms with Gasteiger partial charge < -0.3 is 9.64 Å².